The normalized spacial score (nSPS) is 21.9. The topological polar surface area (TPSA) is 79.3 Å². The first-order valence-corrected chi connectivity index (χ1v) is 5.55. The van der Waals surface area contributed by atoms with Crippen molar-refractivity contribution in [2.45, 2.75) is 13.3 Å². The predicted molar refractivity (Wildman–Crippen MR) is 60.8 cm³/mol. The fourth-order valence-corrected chi connectivity index (χ4v) is 1.66. The SMILES string of the molecule is CC1CC1CNC(=O)c1ccc(C(=O)O)nc1. The summed E-state index contributed by atoms with van der Waals surface area (Å²) in [5, 5.41) is 11.5. The molecule has 0 saturated heterocycles. The van der Waals surface area contributed by atoms with E-state index in [9.17, 15) is 9.59 Å². The van der Waals surface area contributed by atoms with Gasteiger partial charge in [-0.05, 0) is 30.4 Å². The van der Waals surface area contributed by atoms with Gasteiger partial charge in [0.15, 0.2) is 0 Å². The maximum atomic E-state index is 11.7. The van der Waals surface area contributed by atoms with E-state index in [-0.39, 0.29) is 11.6 Å². The Morgan fingerprint density at radius 1 is 1.53 bits per heavy atom. The second-order valence-corrected chi connectivity index (χ2v) is 4.42. The van der Waals surface area contributed by atoms with Gasteiger partial charge in [-0.3, -0.25) is 4.79 Å². The highest BCUT2D eigenvalue weighted by molar-refractivity contribution is 5.94. The van der Waals surface area contributed by atoms with Crippen LogP contribution in [0.15, 0.2) is 18.3 Å². The molecular weight excluding hydrogens is 220 g/mol. The van der Waals surface area contributed by atoms with Crippen LogP contribution in [0.3, 0.4) is 0 Å². The van der Waals surface area contributed by atoms with Gasteiger partial charge in [0.2, 0.25) is 0 Å². The molecule has 0 aliphatic heterocycles. The summed E-state index contributed by atoms with van der Waals surface area (Å²) in [7, 11) is 0. The zero-order chi connectivity index (χ0) is 12.4. The minimum Gasteiger partial charge on any atom is -0.477 e. The molecule has 1 amide bonds. The maximum absolute atomic E-state index is 11.7. The smallest absolute Gasteiger partial charge is 0.354 e. The highest BCUT2D eigenvalue weighted by Gasteiger charge is 2.32. The van der Waals surface area contributed by atoms with E-state index in [1.165, 1.54) is 18.3 Å². The Morgan fingerprint density at radius 3 is 2.71 bits per heavy atom. The van der Waals surface area contributed by atoms with Crippen LogP contribution in [0.2, 0.25) is 0 Å². The van der Waals surface area contributed by atoms with Crippen LogP contribution in [0.5, 0.6) is 0 Å². The molecule has 0 radical (unpaired) electrons. The molecule has 1 aromatic heterocycles. The third-order valence-electron chi connectivity index (χ3n) is 3.05. The van der Waals surface area contributed by atoms with Crippen LogP contribution in [0.1, 0.15) is 34.2 Å². The zero-order valence-corrected chi connectivity index (χ0v) is 9.51. The van der Waals surface area contributed by atoms with Crippen molar-refractivity contribution in [1.29, 1.82) is 0 Å². The van der Waals surface area contributed by atoms with Crippen molar-refractivity contribution in [3.63, 3.8) is 0 Å². The van der Waals surface area contributed by atoms with Crippen LogP contribution < -0.4 is 5.32 Å². The van der Waals surface area contributed by atoms with Crippen LogP contribution in [-0.2, 0) is 0 Å². The Labute approximate surface area is 98.9 Å². The van der Waals surface area contributed by atoms with Crippen molar-refractivity contribution >= 4 is 11.9 Å². The molecular formula is C12H14N2O3. The fourth-order valence-electron chi connectivity index (χ4n) is 1.66. The average Bonchev–Trinajstić information content (AvgIpc) is 3.02. The number of amides is 1. The molecule has 2 N–H and O–H groups in total. The van der Waals surface area contributed by atoms with Gasteiger partial charge in [0.05, 0.1) is 5.56 Å². The first-order chi connectivity index (χ1) is 8.08. The molecule has 0 spiro atoms. The van der Waals surface area contributed by atoms with Gasteiger partial charge in [-0.25, -0.2) is 9.78 Å². The summed E-state index contributed by atoms with van der Waals surface area (Å²) in [5.74, 6) is -0.00897. The van der Waals surface area contributed by atoms with Crippen LogP contribution in [-0.4, -0.2) is 28.5 Å². The van der Waals surface area contributed by atoms with Crippen molar-refractivity contribution in [2.75, 3.05) is 6.54 Å². The van der Waals surface area contributed by atoms with Crippen LogP contribution >= 0.6 is 0 Å². The highest BCUT2D eigenvalue weighted by atomic mass is 16.4. The third-order valence-corrected chi connectivity index (χ3v) is 3.05. The molecule has 90 valence electrons. The lowest BCUT2D eigenvalue weighted by Crippen LogP contribution is -2.26. The van der Waals surface area contributed by atoms with Gasteiger partial charge in [0.25, 0.3) is 5.91 Å². The third kappa shape index (κ3) is 2.81. The lowest BCUT2D eigenvalue weighted by molar-refractivity contribution is 0.0689. The van der Waals surface area contributed by atoms with Crippen molar-refractivity contribution in [2.24, 2.45) is 11.8 Å². The Morgan fingerprint density at radius 2 is 2.24 bits per heavy atom. The van der Waals surface area contributed by atoms with E-state index >= 15 is 0 Å². The lowest BCUT2D eigenvalue weighted by Gasteiger charge is -2.04. The number of nitrogens with one attached hydrogen (secondary N) is 1. The number of rotatable bonds is 4. The molecule has 1 heterocycles. The van der Waals surface area contributed by atoms with Crippen molar-refractivity contribution < 1.29 is 14.7 Å². The first-order valence-electron chi connectivity index (χ1n) is 5.55. The standard InChI is InChI=1S/C12H14N2O3/c1-7-4-9(7)6-14-11(15)8-2-3-10(12(16)17)13-5-8/h2-3,5,7,9H,4,6H2,1H3,(H,14,15)(H,16,17). The first kappa shape index (κ1) is 11.6. The number of nitrogens with zero attached hydrogens (tertiary/aromatic N) is 1. The molecule has 5 nitrogen and oxygen atoms in total. The molecule has 1 aliphatic rings. The molecule has 2 unspecified atom stereocenters. The van der Waals surface area contributed by atoms with Gasteiger partial charge < -0.3 is 10.4 Å². The van der Waals surface area contributed by atoms with Crippen LogP contribution in [0.25, 0.3) is 0 Å². The second kappa shape index (κ2) is 4.53. The number of hydrogen-bond acceptors (Lipinski definition) is 3. The summed E-state index contributed by atoms with van der Waals surface area (Å²) in [5.41, 5.74) is 0.334. The summed E-state index contributed by atoms with van der Waals surface area (Å²) < 4.78 is 0. The van der Waals surface area contributed by atoms with Crippen LogP contribution in [0.4, 0.5) is 0 Å². The molecule has 1 fully saturated rings. The lowest BCUT2D eigenvalue weighted by atomic mass is 10.2. The Hall–Kier alpha value is -1.91. The Balaban J connectivity index is 1.92. The van der Waals surface area contributed by atoms with E-state index in [2.05, 4.69) is 17.2 Å². The largest absolute Gasteiger partial charge is 0.477 e. The molecule has 1 saturated carbocycles. The van der Waals surface area contributed by atoms with Gasteiger partial charge in [-0.1, -0.05) is 6.92 Å². The summed E-state index contributed by atoms with van der Waals surface area (Å²) in [6, 6.07) is 2.80. The van der Waals surface area contributed by atoms with Gasteiger partial charge >= 0.3 is 5.97 Å². The number of aromatic carboxylic acids is 1. The van der Waals surface area contributed by atoms with E-state index in [0.717, 1.165) is 6.42 Å². The fraction of sp³-hybridized carbons (Fsp3) is 0.417. The van der Waals surface area contributed by atoms with E-state index in [1.807, 2.05) is 0 Å². The average molecular weight is 234 g/mol. The molecule has 2 atom stereocenters. The number of carbonyl (C=O) groups excluding carboxylic acids is 1. The molecule has 5 heteroatoms. The number of pyridine rings is 1. The molecule has 0 aromatic carbocycles. The molecule has 1 aliphatic carbocycles. The number of carboxylic acids is 1. The van der Waals surface area contributed by atoms with E-state index < -0.39 is 5.97 Å². The minimum atomic E-state index is -1.09. The zero-order valence-electron chi connectivity index (χ0n) is 9.51. The summed E-state index contributed by atoms with van der Waals surface area (Å²) in [6.45, 7) is 2.83. The van der Waals surface area contributed by atoms with Gasteiger partial charge in [-0.15, -0.1) is 0 Å². The second-order valence-electron chi connectivity index (χ2n) is 4.42. The molecule has 17 heavy (non-hydrogen) atoms. The minimum absolute atomic E-state index is 0.0580. The van der Waals surface area contributed by atoms with Crippen molar-refractivity contribution in [3.05, 3.63) is 29.6 Å². The van der Waals surface area contributed by atoms with Gasteiger partial charge in [0.1, 0.15) is 5.69 Å². The predicted octanol–water partition coefficient (Wildman–Crippen LogP) is 1.17. The summed E-state index contributed by atoms with van der Waals surface area (Å²) in [6.07, 6.45) is 2.45. The maximum Gasteiger partial charge on any atom is 0.354 e. The van der Waals surface area contributed by atoms with Gasteiger partial charge in [0, 0.05) is 12.7 Å². The molecule has 1 aromatic rings. The number of carbonyl (C=O) groups is 2. The quantitative estimate of drug-likeness (QED) is 0.819. The highest BCUT2D eigenvalue weighted by Crippen LogP contribution is 2.36. The summed E-state index contributed by atoms with van der Waals surface area (Å²) >= 11 is 0. The van der Waals surface area contributed by atoms with Crippen molar-refractivity contribution in [3.8, 4) is 0 Å². The Bertz CT molecular complexity index is 442. The molecule has 0 bridgehead atoms. The number of aromatic nitrogens is 1. The van der Waals surface area contributed by atoms with Crippen molar-refractivity contribution in [1.82, 2.24) is 10.3 Å². The molecule has 2 rings (SSSR count). The summed E-state index contributed by atoms with van der Waals surface area (Å²) in [4.78, 5) is 25.9. The number of carboxylic acid groups (broad SMARTS) is 1. The Kier molecular flexibility index (Phi) is 3.08. The number of hydrogen-bond donors (Lipinski definition) is 2. The monoisotopic (exact) mass is 234 g/mol. The van der Waals surface area contributed by atoms with Gasteiger partial charge in [-0.2, -0.15) is 0 Å². The van der Waals surface area contributed by atoms with E-state index in [0.29, 0.717) is 23.9 Å². The van der Waals surface area contributed by atoms with Crippen LogP contribution in [0, 0.1) is 11.8 Å². The van der Waals surface area contributed by atoms with E-state index in [1.54, 1.807) is 0 Å². The van der Waals surface area contributed by atoms with E-state index in [4.69, 9.17) is 5.11 Å².